The Morgan fingerprint density at radius 2 is 2.03 bits per heavy atom. The third-order valence-electron chi connectivity index (χ3n) is 4.48. The number of carboxylic acid groups (broad SMARTS) is 1. The number of thiazole rings is 1. The molecule has 0 saturated heterocycles. The van der Waals surface area contributed by atoms with Crippen LogP contribution < -0.4 is 10.2 Å². The number of hydrogen-bond acceptors (Lipinski definition) is 5. The zero-order chi connectivity index (χ0) is 21.0. The summed E-state index contributed by atoms with van der Waals surface area (Å²) >= 11 is 5.16. The Morgan fingerprint density at radius 1 is 1.31 bits per heavy atom. The number of anilines is 2. The minimum atomic E-state index is -0.954. The number of rotatable bonds is 7. The average Bonchev–Trinajstić information content (AvgIpc) is 3.33. The van der Waals surface area contributed by atoms with Crippen molar-refractivity contribution >= 4 is 61.8 Å². The normalized spacial score (nSPS) is 14.2. The average molecular weight is 506 g/mol. The lowest BCUT2D eigenvalue weighted by Crippen LogP contribution is -2.39. The van der Waals surface area contributed by atoms with Crippen molar-refractivity contribution in [2.75, 3.05) is 22.5 Å². The van der Waals surface area contributed by atoms with Gasteiger partial charge >= 0.3 is 12.0 Å². The Bertz CT molecular complexity index is 906. The smallest absolute Gasteiger partial charge is 0.328 e. The summed E-state index contributed by atoms with van der Waals surface area (Å²) in [6.45, 7) is 0.274. The maximum Gasteiger partial charge on any atom is 0.328 e. The lowest BCUT2D eigenvalue weighted by atomic mass is 10.1. The fourth-order valence-corrected chi connectivity index (χ4v) is 5.03. The van der Waals surface area contributed by atoms with Crippen molar-refractivity contribution in [1.82, 2.24) is 4.98 Å². The third-order valence-corrected chi connectivity index (χ3v) is 7.18. The highest BCUT2D eigenvalue weighted by molar-refractivity contribution is 9.10. The fraction of sp³-hybridized carbons (Fsp3) is 0.389. The van der Waals surface area contributed by atoms with Gasteiger partial charge in [0.25, 0.3) is 0 Å². The van der Waals surface area contributed by atoms with Crippen molar-refractivity contribution in [2.24, 2.45) is 5.92 Å². The predicted octanol–water partition coefficient (Wildman–Crippen LogP) is 5.59. The third kappa shape index (κ3) is 5.89. The van der Waals surface area contributed by atoms with Crippen molar-refractivity contribution < 1.29 is 23.5 Å². The number of carbonyl (C=O) groups is 2. The Kier molecular flexibility index (Phi) is 7.47. The molecule has 2 aromatic rings. The van der Waals surface area contributed by atoms with Crippen LogP contribution in [-0.2, 0) is 4.79 Å². The molecule has 3 rings (SSSR count). The van der Waals surface area contributed by atoms with Crippen molar-refractivity contribution in [1.29, 1.82) is 0 Å². The molecule has 1 saturated carbocycles. The molecule has 1 heterocycles. The monoisotopic (exact) mass is 505 g/mol. The van der Waals surface area contributed by atoms with Gasteiger partial charge in [-0.3, -0.25) is 15.0 Å². The van der Waals surface area contributed by atoms with Crippen molar-refractivity contribution in [3.63, 3.8) is 0 Å². The van der Waals surface area contributed by atoms with E-state index in [1.165, 1.54) is 11.1 Å². The second-order valence-electron chi connectivity index (χ2n) is 6.58. The molecule has 2 amide bonds. The lowest BCUT2D eigenvalue weighted by molar-refractivity contribution is -0.133. The first-order chi connectivity index (χ1) is 13.8. The van der Waals surface area contributed by atoms with Gasteiger partial charge < -0.3 is 5.11 Å². The van der Waals surface area contributed by atoms with E-state index in [1.54, 1.807) is 0 Å². The number of nitrogens with zero attached hydrogens (tertiary/aromatic N) is 2. The first-order valence-corrected chi connectivity index (χ1v) is 11.5. The standard InChI is InChI=1S/C18H18BrF2N3O3S2/c19-11-5-13(21)14(6-12(11)20)24(8-10-3-1-2-4-10)18(27)23-17-22-7-16(29-17)28-9-15(25)26/h5-7,10H,1-4,8-9H2,(H,25,26)(H,22,23,27). The number of thioether (sulfide) groups is 1. The molecular weight excluding hydrogens is 488 g/mol. The number of aliphatic carboxylic acids is 1. The number of urea groups is 1. The molecule has 11 heteroatoms. The van der Waals surface area contributed by atoms with Crippen LogP contribution in [0.1, 0.15) is 25.7 Å². The van der Waals surface area contributed by atoms with Gasteiger partial charge in [-0.2, -0.15) is 0 Å². The maximum absolute atomic E-state index is 14.5. The second kappa shape index (κ2) is 9.86. The van der Waals surface area contributed by atoms with E-state index >= 15 is 0 Å². The molecule has 1 aromatic carbocycles. The molecule has 0 radical (unpaired) electrons. The quantitative estimate of drug-likeness (QED) is 0.378. The molecule has 0 atom stereocenters. The van der Waals surface area contributed by atoms with Crippen LogP contribution in [-0.4, -0.2) is 34.4 Å². The van der Waals surface area contributed by atoms with Crippen LogP contribution in [0.2, 0.25) is 0 Å². The van der Waals surface area contributed by atoms with Gasteiger partial charge in [0.05, 0.1) is 26.3 Å². The molecule has 0 spiro atoms. The second-order valence-corrected chi connectivity index (χ2v) is 9.74. The van der Waals surface area contributed by atoms with Crippen LogP contribution in [0.25, 0.3) is 0 Å². The number of nitrogens with one attached hydrogen (secondary N) is 1. The number of carboxylic acids is 1. The molecule has 1 fully saturated rings. The van der Waals surface area contributed by atoms with Gasteiger partial charge in [-0.05, 0) is 40.8 Å². The summed E-state index contributed by atoms with van der Waals surface area (Å²) < 4.78 is 29.2. The minimum absolute atomic E-state index is 0.0139. The van der Waals surface area contributed by atoms with E-state index in [9.17, 15) is 18.4 Å². The topological polar surface area (TPSA) is 82.5 Å². The summed E-state index contributed by atoms with van der Waals surface area (Å²) in [4.78, 5) is 28.9. The SMILES string of the molecule is O=C(O)CSc1cnc(NC(=O)N(CC2CCCC2)c2cc(F)c(Br)cc2F)s1. The van der Waals surface area contributed by atoms with Gasteiger partial charge in [0, 0.05) is 12.6 Å². The summed E-state index contributed by atoms with van der Waals surface area (Å²) in [5, 5.41) is 11.6. The molecule has 0 aliphatic heterocycles. The largest absolute Gasteiger partial charge is 0.481 e. The molecule has 156 valence electrons. The van der Waals surface area contributed by atoms with Crippen LogP contribution in [0.15, 0.2) is 27.0 Å². The maximum atomic E-state index is 14.5. The number of benzene rings is 1. The summed E-state index contributed by atoms with van der Waals surface area (Å²) in [6.07, 6.45) is 5.42. The summed E-state index contributed by atoms with van der Waals surface area (Å²) in [6, 6.07) is 1.40. The summed E-state index contributed by atoms with van der Waals surface area (Å²) in [5.41, 5.74) is -0.132. The Hall–Kier alpha value is -1.72. The molecular formula is C18H18BrF2N3O3S2. The van der Waals surface area contributed by atoms with Gasteiger partial charge in [0.1, 0.15) is 11.6 Å². The van der Waals surface area contributed by atoms with Crippen molar-refractivity contribution in [3.05, 3.63) is 34.4 Å². The van der Waals surface area contributed by atoms with E-state index in [0.29, 0.717) is 4.21 Å². The first-order valence-electron chi connectivity index (χ1n) is 8.87. The summed E-state index contributed by atoms with van der Waals surface area (Å²) in [5.74, 6) is -2.22. The van der Waals surface area contributed by atoms with Crippen LogP contribution in [0, 0.1) is 17.6 Å². The number of amides is 2. The summed E-state index contributed by atoms with van der Waals surface area (Å²) in [7, 11) is 0. The van der Waals surface area contributed by atoms with Gasteiger partial charge in [-0.1, -0.05) is 24.2 Å². The lowest BCUT2D eigenvalue weighted by Gasteiger charge is -2.26. The molecule has 2 N–H and O–H groups in total. The van der Waals surface area contributed by atoms with E-state index in [4.69, 9.17) is 5.11 Å². The van der Waals surface area contributed by atoms with Crippen molar-refractivity contribution in [2.45, 2.75) is 29.9 Å². The van der Waals surface area contributed by atoms with Crippen LogP contribution in [0.5, 0.6) is 0 Å². The van der Waals surface area contributed by atoms with Gasteiger partial charge in [0.15, 0.2) is 5.13 Å². The predicted molar refractivity (Wildman–Crippen MR) is 113 cm³/mol. The molecule has 1 aromatic heterocycles. The number of hydrogen-bond donors (Lipinski definition) is 2. The van der Waals surface area contributed by atoms with E-state index in [2.05, 4.69) is 26.2 Å². The number of aromatic nitrogens is 1. The highest BCUT2D eigenvalue weighted by atomic mass is 79.9. The van der Waals surface area contributed by atoms with E-state index < -0.39 is 23.6 Å². The van der Waals surface area contributed by atoms with Gasteiger partial charge in [-0.25, -0.2) is 18.6 Å². The van der Waals surface area contributed by atoms with E-state index in [0.717, 1.165) is 60.9 Å². The highest BCUT2D eigenvalue weighted by Gasteiger charge is 2.27. The minimum Gasteiger partial charge on any atom is -0.481 e. The Morgan fingerprint density at radius 3 is 2.72 bits per heavy atom. The first kappa shape index (κ1) is 22.0. The fourth-order valence-electron chi connectivity index (χ4n) is 3.14. The molecule has 1 aliphatic carbocycles. The Labute approximate surface area is 182 Å². The zero-order valence-corrected chi connectivity index (χ0v) is 18.4. The van der Waals surface area contributed by atoms with E-state index in [1.807, 2.05) is 0 Å². The van der Waals surface area contributed by atoms with Gasteiger partial charge in [-0.15, -0.1) is 11.8 Å². The molecule has 0 bridgehead atoms. The molecule has 0 unspecified atom stereocenters. The van der Waals surface area contributed by atoms with Gasteiger partial charge in [0.2, 0.25) is 0 Å². The van der Waals surface area contributed by atoms with Crippen LogP contribution in [0.4, 0.5) is 24.4 Å². The van der Waals surface area contributed by atoms with Crippen molar-refractivity contribution in [3.8, 4) is 0 Å². The number of halogens is 3. The Balaban J connectivity index is 1.79. The molecule has 29 heavy (non-hydrogen) atoms. The van der Waals surface area contributed by atoms with E-state index in [-0.39, 0.29) is 33.5 Å². The molecule has 1 aliphatic rings. The zero-order valence-electron chi connectivity index (χ0n) is 15.2. The number of carbonyl (C=O) groups excluding carboxylic acids is 1. The van der Waals surface area contributed by atoms with Crippen LogP contribution >= 0.6 is 39.0 Å². The highest BCUT2D eigenvalue weighted by Crippen LogP contribution is 2.32. The molecule has 6 nitrogen and oxygen atoms in total. The van der Waals surface area contributed by atoms with Crippen LogP contribution in [0.3, 0.4) is 0 Å².